The molecule has 0 aliphatic rings. The fourth-order valence-corrected chi connectivity index (χ4v) is 1.30. The standard InChI is InChI=1S/C10H8N2O2/c11-12-9-5-7(6-13)14-10-4-2-1-3-8(9)10/h1-6H,11H2. The third kappa shape index (κ3) is 1.26. The Labute approximate surface area is 79.6 Å². The van der Waals surface area contributed by atoms with E-state index in [0.717, 1.165) is 5.39 Å². The summed E-state index contributed by atoms with van der Waals surface area (Å²) in [6.07, 6.45) is 0.626. The summed E-state index contributed by atoms with van der Waals surface area (Å²) in [4.78, 5) is 10.5. The van der Waals surface area contributed by atoms with Crippen LogP contribution in [0.4, 0.5) is 0 Å². The Hall–Kier alpha value is -2.10. The molecule has 2 rings (SSSR count). The van der Waals surface area contributed by atoms with Crippen LogP contribution in [0, 0.1) is 0 Å². The molecule has 70 valence electrons. The SMILES string of the molecule is NN=c1cc(C=O)oc2ccccc12. The highest BCUT2D eigenvalue weighted by molar-refractivity contribution is 5.80. The van der Waals surface area contributed by atoms with Crippen LogP contribution in [0.1, 0.15) is 10.6 Å². The maximum atomic E-state index is 10.5. The molecule has 0 spiro atoms. The number of nitrogens with two attached hydrogens (primary N) is 1. The van der Waals surface area contributed by atoms with Crippen molar-refractivity contribution in [3.05, 3.63) is 41.4 Å². The maximum absolute atomic E-state index is 10.5. The number of benzene rings is 1. The van der Waals surface area contributed by atoms with Gasteiger partial charge in [0.25, 0.3) is 0 Å². The Morgan fingerprint density at radius 1 is 1.36 bits per heavy atom. The van der Waals surface area contributed by atoms with Gasteiger partial charge in [0.1, 0.15) is 5.58 Å². The summed E-state index contributed by atoms with van der Waals surface area (Å²) in [5.74, 6) is 5.42. The lowest BCUT2D eigenvalue weighted by Crippen LogP contribution is -2.07. The van der Waals surface area contributed by atoms with Crippen molar-refractivity contribution in [2.24, 2.45) is 10.9 Å². The number of carbonyl (C=O) groups is 1. The fourth-order valence-electron chi connectivity index (χ4n) is 1.30. The van der Waals surface area contributed by atoms with Gasteiger partial charge in [-0.2, -0.15) is 5.10 Å². The predicted molar refractivity (Wildman–Crippen MR) is 51.4 cm³/mol. The van der Waals surface area contributed by atoms with E-state index in [4.69, 9.17) is 10.3 Å². The van der Waals surface area contributed by atoms with Crippen LogP contribution in [0.5, 0.6) is 0 Å². The van der Waals surface area contributed by atoms with E-state index in [-0.39, 0.29) is 5.76 Å². The van der Waals surface area contributed by atoms with Crippen molar-refractivity contribution in [2.45, 2.75) is 0 Å². The van der Waals surface area contributed by atoms with Crippen LogP contribution in [0.15, 0.2) is 39.9 Å². The highest BCUT2D eigenvalue weighted by Crippen LogP contribution is 2.10. The molecular weight excluding hydrogens is 180 g/mol. The first-order valence-corrected chi connectivity index (χ1v) is 4.07. The van der Waals surface area contributed by atoms with Crippen LogP contribution in [-0.4, -0.2) is 6.29 Å². The largest absolute Gasteiger partial charge is 0.453 e. The number of nitrogens with zero attached hydrogens (tertiary/aromatic N) is 1. The lowest BCUT2D eigenvalue weighted by molar-refractivity contribution is 0.110. The number of hydrogen-bond acceptors (Lipinski definition) is 4. The average molecular weight is 188 g/mol. The Balaban J connectivity index is 2.94. The molecule has 0 aliphatic carbocycles. The van der Waals surface area contributed by atoms with Gasteiger partial charge in [0.05, 0.1) is 5.36 Å². The molecule has 0 fully saturated rings. The van der Waals surface area contributed by atoms with Crippen molar-refractivity contribution in [1.82, 2.24) is 0 Å². The Bertz CT molecular complexity index is 543. The van der Waals surface area contributed by atoms with Crippen molar-refractivity contribution in [3.63, 3.8) is 0 Å². The molecule has 0 saturated heterocycles. The Kier molecular flexibility index (Phi) is 2.02. The van der Waals surface area contributed by atoms with Crippen molar-refractivity contribution in [2.75, 3.05) is 0 Å². The van der Waals surface area contributed by atoms with E-state index in [2.05, 4.69) is 5.10 Å². The van der Waals surface area contributed by atoms with Crippen molar-refractivity contribution < 1.29 is 9.21 Å². The second-order valence-electron chi connectivity index (χ2n) is 2.78. The number of para-hydroxylation sites is 1. The highest BCUT2D eigenvalue weighted by atomic mass is 16.3. The van der Waals surface area contributed by atoms with Gasteiger partial charge < -0.3 is 10.3 Å². The smallest absolute Gasteiger partial charge is 0.185 e. The molecule has 1 aromatic carbocycles. The zero-order chi connectivity index (χ0) is 9.97. The molecule has 0 radical (unpaired) electrons. The van der Waals surface area contributed by atoms with Crippen LogP contribution >= 0.6 is 0 Å². The summed E-state index contributed by atoms with van der Waals surface area (Å²) in [6, 6.07) is 8.78. The third-order valence-corrected chi connectivity index (χ3v) is 1.93. The second kappa shape index (κ2) is 3.33. The summed E-state index contributed by atoms with van der Waals surface area (Å²) < 4.78 is 5.27. The minimum atomic E-state index is 0.216. The van der Waals surface area contributed by atoms with E-state index in [9.17, 15) is 4.79 Å². The lowest BCUT2D eigenvalue weighted by atomic mass is 10.2. The molecule has 0 amide bonds. The van der Waals surface area contributed by atoms with Gasteiger partial charge >= 0.3 is 0 Å². The van der Waals surface area contributed by atoms with E-state index in [1.165, 1.54) is 6.07 Å². The van der Waals surface area contributed by atoms with Crippen LogP contribution < -0.4 is 11.2 Å². The summed E-state index contributed by atoms with van der Waals surface area (Å²) in [5.41, 5.74) is 0.598. The van der Waals surface area contributed by atoms with Gasteiger partial charge in [-0.15, -0.1) is 0 Å². The predicted octanol–water partition coefficient (Wildman–Crippen LogP) is 1.02. The lowest BCUT2D eigenvalue weighted by Gasteiger charge is -1.97. The summed E-state index contributed by atoms with van der Waals surface area (Å²) in [7, 11) is 0. The first-order chi connectivity index (χ1) is 6.85. The molecule has 14 heavy (non-hydrogen) atoms. The number of rotatable bonds is 1. The van der Waals surface area contributed by atoms with Gasteiger partial charge in [0.15, 0.2) is 12.0 Å². The third-order valence-electron chi connectivity index (χ3n) is 1.93. The van der Waals surface area contributed by atoms with Crippen LogP contribution in [0.3, 0.4) is 0 Å². The van der Waals surface area contributed by atoms with Crippen LogP contribution in [-0.2, 0) is 0 Å². The Morgan fingerprint density at radius 2 is 2.14 bits per heavy atom. The second-order valence-corrected chi connectivity index (χ2v) is 2.78. The van der Waals surface area contributed by atoms with Gasteiger partial charge in [-0.05, 0) is 12.1 Å². The maximum Gasteiger partial charge on any atom is 0.185 e. The summed E-state index contributed by atoms with van der Waals surface area (Å²) >= 11 is 0. The molecule has 0 bridgehead atoms. The van der Waals surface area contributed by atoms with Gasteiger partial charge in [0.2, 0.25) is 0 Å². The zero-order valence-electron chi connectivity index (χ0n) is 7.31. The molecule has 2 N–H and O–H groups in total. The van der Waals surface area contributed by atoms with Crippen molar-refractivity contribution >= 4 is 17.3 Å². The average Bonchev–Trinajstić information content (AvgIpc) is 2.27. The van der Waals surface area contributed by atoms with E-state index in [1.54, 1.807) is 6.07 Å². The highest BCUT2D eigenvalue weighted by Gasteiger charge is 2.00. The molecule has 1 heterocycles. The molecule has 4 nitrogen and oxygen atoms in total. The molecular formula is C10H8N2O2. The molecule has 4 heteroatoms. The quantitative estimate of drug-likeness (QED) is 0.412. The molecule has 2 aromatic rings. The van der Waals surface area contributed by atoms with Gasteiger partial charge in [0, 0.05) is 11.5 Å². The van der Waals surface area contributed by atoms with Crippen LogP contribution in [0.2, 0.25) is 0 Å². The topological polar surface area (TPSA) is 68.6 Å². The minimum Gasteiger partial charge on any atom is -0.453 e. The molecule has 0 aliphatic heterocycles. The zero-order valence-corrected chi connectivity index (χ0v) is 7.31. The summed E-state index contributed by atoms with van der Waals surface area (Å²) in [5, 5.41) is 4.93. The molecule has 0 atom stereocenters. The van der Waals surface area contributed by atoms with Crippen LogP contribution in [0.25, 0.3) is 11.0 Å². The number of fused-ring (bicyclic) bond motifs is 1. The van der Waals surface area contributed by atoms with Crippen molar-refractivity contribution in [1.29, 1.82) is 0 Å². The van der Waals surface area contributed by atoms with E-state index < -0.39 is 0 Å². The van der Waals surface area contributed by atoms with E-state index >= 15 is 0 Å². The monoisotopic (exact) mass is 188 g/mol. The van der Waals surface area contributed by atoms with E-state index in [1.807, 2.05) is 18.2 Å². The van der Waals surface area contributed by atoms with Gasteiger partial charge in [-0.25, -0.2) is 0 Å². The van der Waals surface area contributed by atoms with E-state index in [0.29, 0.717) is 17.2 Å². The summed E-state index contributed by atoms with van der Waals surface area (Å²) in [6.45, 7) is 0. The number of carbonyl (C=O) groups excluding carboxylic acids is 1. The number of hydrogen-bond donors (Lipinski definition) is 1. The first kappa shape index (κ1) is 8.50. The first-order valence-electron chi connectivity index (χ1n) is 4.07. The minimum absolute atomic E-state index is 0.216. The van der Waals surface area contributed by atoms with Gasteiger partial charge in [-0.1, -0.05) is 12.1 Å². The molecule has 0 saturated carbocycles. The normalized spacial score (nSPS) is 11.9. The van der Waals surface area contributed by atoms with Crippen molar-refractivity contribution in [3.8, 4) is 0 Å². The molecule has 1 aromatic heterocycles. The Morgan fingerprint density at radius 3 is 2.86 bits per heavy atom. The number of aldehydes is 1. The fraction of sp³-hybridized carbons (Fsp3) is 0. The molecule has 0 unspecified atom stereocenters. The van der Waals surface area contributed by atoms with Gasteiger partial charge in [-0.3, -0.25) is 4.79 Å².